The highest BCUT2D eigenvalue weighted by Crippen LogP contribution is 2.16. The van der Waals surface area contributed by atoms with Gasteiger partial charge in [-0.1, -0.05) is 29.5 Å². The van der Waals surface area contributed by atoms with Gasteiger partial charge in [0.15, 0.2) is 0 Å². The number of hydrogen-bond donors (Lipinski definition) is 1. The summed E-state index contributed by atoms with van der Waals surface area (Å²) >= 11 is 1.36. The molecule has 0 aliphatic rings. The Balaban J connectivity index is 2.18. The lowest BCUT2D eigenvalue weighted by atomic mass is 10.1. The van der Waals surface area contributed by atoms with Gasteiger partial charge in [0.25, 0.3) is 5.91 Å². The van der Waals surface area contributed by atoms with E-state index in [-0.39, 0.29) is 5.91 Å². The number of hydrogen-bond acceptors (Lipinski definition) is 4. The molecule has 0 saturated carbocycles. The zero-order chi connectivity index (χ0) is 11.5. The highest BCUT2D eigenvalue weighted by Gasteiger charge is 2.10. The number of anilines is 1. The maximum atomic E-state index is 11.9. The molecule has 5 heteroatoms. The van der Waals surface area contributed by atoms with Crippen LogP contribution in [-0.2, 0) is 0 Å². The molecule has 2 aromatic rings. The lowest BCUT2D eigenvalue weighted by Crippen LogP contribution is -2.12. The third-order valence-corrected chi connectivity index (χ3v) is 2.89. The first-order valence-corrected chi connectivity index (χ1v) is 5.65. The number of aromatic nitrogens is 2. The number of benzene rings is 1. The number of nitrogens with zero attached hydrogens (tertiary/aromatic N) is 2. The first-order chi connectivity index (χ1) is 7.66. The van der Waals surface area contributed by atoms with Crippen LogP contribution < -0.4 is 5.32 Å². The highest BCUT2D eigenvalue weighted by molar-refractivity contribution is 7.15. The average molecular weight is 233 g/mol. The van der Waals surface area contributed by atoms with Crippen LogP contribution in [0, 0.1) is 13.8 Å². The number of rotatable bonds is 2. The molecule has 0 atom stereocenters. The molecule has 2 rings (SSSR count). The minimum absolute atomic E-state index is 0.144. The fourth-order valence-corrected chi connectivity index (χ4v) is 1.93. The van der Waals surface area contributed by atoms with Crippen LogP contribution in [0.1, 0.15) is 20.9 Å². The second kappa shape index (κ2) is 4.40. The van der Waals surface area contributed by atoms with Crippen molar-refractivity contribution in [1.29, 1.82) is 0 Å². The highest BCUT2D eigenvalue weighted by atomic mass is 32.1. The van der Waals surface area contributed by atoms with Crippen LogP contribution in [0.4, 0.5) is 5.13 Å². The first-order valence-electron chi connectivity index (χ1n) is 4.84. The maximum absolute atomic E-state index is 11.9. The van der Waals surface area contributed by atoms with Crippen molar-refractivity contribution < 1.29 is 4.79 Å². The molecule has 1 aromatic carbocycles. The van der Waals surface area contributed by atoms with E-state index in [0.29, 0.717) is 10.7 Å². The van der Waals surface area contributed by atoms with E-state index in [2.05, 4.69) is 15.5 Å². The van der Waals surface area contributed by atoms with Crippen molar-refractivity contribution in [3.05, 3.63) is 40.4 Å². The van der Waals surface area contributed by atoms with E-state index in [1.807, 2.05) is 32.0 Å². The molecular formula is C11H11N3OS. The van der Waals surface area contributed by atoms with Gasteiger partial charge in [-0.15, -0.1) is 10.2 Å². The number of amides is 1. The van der Waals surface area contributed by atoms with Crippen LogP contribution >= 0.6 is 11.3 Å². The second-order valence-electron chi connectivity index (χ2n) is 3.40. The number of nitrogens with one attached hydrogen (secondary N) is 1. The zero-order valence-corrected chi connectivity index (χ0v) is 9.84. The van der Waals surface area contributed by atoms with Crippen molar-refractivity contribution in [2.75, 3.05) is 5.32 Å². The summed E-state index contributed by atoms with van der Waals surface area (Å²) < 4.78 is 0. The third-order valence-electron chi connectivity index (χ3n) is 2.14. The van der Waals surface area contributed by atoms with Crippen molar-refractivity contribution in [1.82, 2.24) is 10.2 Å². The van der Waals surface area contributed by atoms with Crippen molar-refractivity contribution in [3.63, 3.8) is 0 Å². The van der Waals surface area contributed by atoms with E-state index in [1.165, 1.54) is 11.3 Å². The van der Waals surface area contributed by atoms with Crippen LogP contribution in [0.15, 0.2) is 24.3 Å². The molecule has 82 valence electrons. The Hall–Kier alpha value is -1.75. The molecule has 0 radical (unpaired) electrons. The van der Waals surface area contributed by atoms with Crippen LogP contribution in [0.2, 0.25) is 0 Å². The SMILES string of the molecule is Cc1nnc(NC(=O)c2ccccc2C)s1. The van der Waals surface area contributed by atoms with Gasteiger partial charge in [-0.05, 0) is 25.5 Å². The molecule has 0 aliphatic heterocycles. The predicted molar refractivity (Wildman–Crippen MR) is 63.8 cm³/mol. The summed E-state index contributed by atoms with van der Waals surface area (Å²) in [6.45, 7) is 3.75. The molecule has 4 nitrogen and oxygen atoms in total. The van der Waals surface area contributed by atoms with Crippen LogP contribution in [0.25, 0.3) is 0 Å². The summed E-state index contributed by atoms with van der Waals surface area (Å²) in [5, 5.41) is 11.8. The van der Waals surface area contributed by atoms with Crippen molar-refractivity contribution in [2.24, 2.45) is 0 Å². The summed E-state index contributed by atoms with van der Waals surface area (Å²) in [6.07, 6.45) is 0. The molecule has 0 saturated heterocycles. The molecule has 0 unspecified atom stereocenters. The van der Waals surface area contributed by atoms with Gasteiger partial charge >= 0.3 is 0 Å². The van der Waals surface area contributed by atoms with Gasteiger partial charge in [0, 0.05) is 5.56 Å². The Bertz CT molecular complexity index is 521. The molecular weight excluding hydrogens is 222 g/mol. The minimum atomic E-state index is -0.144. The Morgan fingerprint density at radius 1 is 1.25 bits per heavy atom. The molecule has 16 heavy (non-hydrogen) atoms. The molecule has 0 fully saturated rings. The normalized spacial score (nSPS) is 10.1. The molecule has 1 heterocycles. The molecule has 1 N–H and O–H groups in total. The number of carbonyl (C=O) groups excluding carboxylic acids is 1. The largest absolute Gasteiger partial charge is 0.296 e. The van der Waals surface area contributed by atoms with Crippen molar-refractivity contribution >= 4 is 22.4 Å². The summed E-state index contributed by atoms with van der Waals surface area (Å²) in [6, 6.07) is 7.44. The van der Waals surface area contributed by atoms with Crippen LogP contribution in [0.5, 0.6) is 0 Å². The quantitative estimate of drug-likeness (QED) is 0.866. The van der Waals surface area contributed by atoms with Gasteiger partial charge in [0.2, 0.25) is 5.13 Å². The number of aryl methyl sites for hydroxylation is 2. The topological polar surface area (TPSA) is 54.9 Å². The molecule has 1 amide bonds. The van der Waals surface area contributed by atoms with Gasteiger partial charge in [0.1, 0.15) is 5.01 Å². The number of carbonyl (C=O) groups is 1. The van der Waals surface area contributed by atoms with Crippen LogP contribution in [-0.4, -0.2) is 16.1 Å². The monoisotopic (exact) mass is 233 g/mol. The zero-order valence-electron chi connectivity index (χ0n) is 9.02. The van der Waals surface area contributed by atoms with Gasteiger partial charge in [-0.25, -0.2) is 0 Å². The van der Waals surface area contributed by atoms with E-state index >= 15 is 0 Å². The molecule has 0 aliphatic carbocycles. The summed E-state index contributed by atoms with van der Waals surface area (Å²) in [4.78, 5) is 11.9. The van der Waals surface area contributed by atoms with E-state index < -0.39 is 0 Å². The Morgan fingerprint density at radius 2 is 2.00 bits per heavy atom. The molecule has 1 aromatic heterocycles. The maximum Gasteiger partial charge on any atom is 0.257 e. The van der Waals surface area contributed by atoms with Gasteiger partial charge in [0.05, 0.1) is 0 Å². The molecule has 0 bridgehead atoms. The summed E-state index contributed by atoms with van der Waals surface area (Å²) in [5.74, 6) is -0.144. The molecule has 0 spiro atoms. The van der Waals surface area contributed by atoms with Crippen molar-refractivity contribution in [2.45, 2.75) is 13.8 Å². The van der Waals surface area contributed by atoms with Gasteiger partial charge in [-0.3, -0.25) is 10.1 Å². The summed E-state index contributed by atoms with van der Waals surface area (Å²) in [7, 11) is 0. The van der Waals surface area contributed by atoms with Crippen molar-refractivity contribution in [3.8, 4) is 0 Å². The van der Waals surface area contributed by atoms with E-state index in [1.54, 1.807) is 6.07 Å². The van der Waals surface area contributed by atoms with Gasteiger partial charge in [-0.2, -0.15) is 0 Å². The minimum Gasteiger partial charge on any atom is -0.296 e. The fraction of sp³-hybridized carbons (Fsp3) is 0.182. The second-order valence-corrected chi connectivity index (χ2v) is 4.58. The predicted octanol–water partition coefficient (Wildman–Crippen LogP) is 2.41. The lowest BCUT2D eigenvalue weighted by Gasteiger charge is -2.03. The Kier molecular flexibility index (Phi) is 2.96. The van der Waals surface area contributed by atoms with Gasteiger partial charge < -0.3 is 0 Å². The van der Waals surface area contributed by atoms with Crippen LogP contribution in [0.3, 0.4) is 0 Å². The standard InChI is InChI=1S/C11H11N3OS/c1-7-5-3-4-6-9(7)10(15)12-11-14-13-8(2)16-11/h3-6H,1-2H3,(H,12,14,15). The first kappa shape index (κ1) is 10.8. The van der Waals surface area contributed by atoms with E-state index in [9.17, 15) is 4.79 Å². The van der Waals surface area contributed by atoms with E-state index in [4.69, 9.17) is 0 Å². The fourth-order valence-electron chi connectivity index (χ4n) is 1.34. The summed E-state index contributed by atoms with van der Waals surface area (Å²) in [5.41, 5.74) is 1.61. The lowest BCUT2D eigenvalue weighted by molar-refractivity contribution is 0.102. The smallest absolute Gasteiger partial charge is 0.257 e. The van der Waals surface area contributed by atoms with E-state index in [0.717, 1.165) is 10.6 Å². The average Bonchev–Trinajstić information content (AvgIpc) is 2.64. The Labute approximate surface area is 97.3 Å². The Morgan fingerprint density at radius 3 is 2.62 bits per heavy atom. The third kappa shape index (κ3) is 2.25.